The van der Waals surface area contributed by atoms with Crippen molar-refractivity contribution < 1.29 is 4.79 Å². The number of hydrogen-bond donors (Lipinski definition) is 0. The Kier molecular flexibility index (Phi) is 5.45. The topological polar surface area (TPSA) is 20.3 Å². The standard InChI is InChI=1S/C18H25NO.ClH/c1-19-13-12-18(17(20)14-19,15-8-4-2-5-9-15)16-10-6-3-7-11-16;/h2,4-5,8-9,16H,3,6-7,10-14H2,1H3;1H. The number of piperidine rings is 1. The highest BCUT2D eigenvalue weighted by Crippen LogP contribution is 2.45. The van der Waals surface area contributed by atoms with Gasteiger partial charge in [0.15, 0.2) is 5.78 Å². The molecule has 1 saturated heterocycles. The predicted octanol–water partition coefficient (Wildman–Crippen LogP) is 3.83. The van der Waals surface area contributed by atoms with Crippen molar-refractivity contribution in [2.45, 2.75) is 43.9 Å². The number of carbonyl (C=O) groups is 1. The number of Topliss-reactive ketones (excluding diaryl/α,β-unsaturated/α-hetero) is 1. The number of ketones is 1. The number of hydrogen-bond acceptors (Lipinski definition) is 2. The van der Waals surface area contributed by atoms with E-state index in [0.717, 1.165) is 13.0 Å². The molecule has 0 bridgehead atoms. The number of rotatable bonds is 2. The fourth-order valence-corrected chi connectivity index (χ4v) is 4.28. The van der Waals surface area contributed by atoms with Crippen LogP contribution in [-0.2, 0) is 10.2 Å². The lowest BCUT2D eigenvalue weighted by Crippen LogP contribution is -2.53. The summed E-state index contributed by atoms with van der Waals surface area (Å²) in [6.07, 6.45) is 7.38. The molecule has 2 fully saturated rings. The molecule has 0 spiro atoms. The highest BCUT2D eigenvalue weighted by molar-refractivity contribution is 5.93. The van der Waals surface area contributed by atoms with Crippen LogP contribution in [0.1, 0.15) is 44.1 Å². The summed E-state index contributed by atoms with van der Waals surface area (Å²) in [4.78, 5) is 15.2. The van der Waals surface area contributed by atoms with Crippen molar-refractivity contribution in [3.63, 3.8) is 0 Å². The van der Waals surface area contributed by atoms with Gasteiger partial charge < -0.3 is 0 Å². The minimum atomic E-state index is -0.200. The van der Waals surface area contributed by atoms with Gasteiger partial charge >= 0.3 is 0 Å². The van der Waals surface area contributed by atoms with Gasteiger partial charge in [0.05, 0.1) is 12.0 Å². The van der Waals surface area contributed by atoms with Crippen molar-refractivity contribution in [1.82, 2.24) is 4.90 Å². The first-order valence-corrected chi connectivity index (χ1v) is 8.01. The first kappa shape index (κ1) is 16.5. The molecule has 2 aliphatic rings. The Morgan fingerprint density at radius 2 is 1.76 bits per heavy atom. The van der Waals surface area contributed by atoms with Crippen LogP contribution in [0.2, 0.25) is 0 Å². The summed E-state index contributed by atoms with van der Waals surface area (Å²) in [5.41, 5.74) is 1.07. The second-order valence-corrected chi connectivity index (χ2v) is 6.58. The molecule has 0 aromatic heterocycles. The maximum atomic E-state index is 13.0. The molecule has 2 nitrogen and oxygen atoms in total. The zero-order valence-corrected chi connectivity index (χ0v) is 13.7. The maximum Gasteiger partial charge on any atom is 0.157 e. The van der Waals surface area contributed by atoms with E-state index < -0.39 is 0 Å². The van der Waals surface area contributed by atoms with E-state index in [1.54, 1.807) is 0 Å². The van der Waals surface area contributed by atoms with Crippen molar-refractivity contribution in [3.8, 4) is 0 Å². The molecule has 21 heavy (non-hydrogen) atoms. The van der Waals surface area contributed by atoms with Gasteiger partial charge in [-0.25, -0.2) is 0 Å². The fraction of sp³-hybridized carbons (Fsp3) is 0.611. The van der Waals surface area contributed by atoms with E-state index in [9.17, 15) is 4.79 Å². The Balaban J connectivity index is 0.00000161. The quantitative estimate of drug-likeness (QED) is 0.827. The van der Waals surface area contributed by atoms with E-state index in [-0.39, 0.29) is 17.8 Å². The molecular weight excluding hydrogens is 282 g/mol. The molecule has 1 unspecified atom stereocenters. The van der Waals surface area contributed by atoms with Gasteiger partial charge in [-0.2, -0.15) is 0 Å². The predicted molar refractivity (Wildman–Crippen MR) is 89.1 cm³/mol. The highest BCUT2D eigenvalue weighted by atomic mass is 35.5. The Morgan fingerprint density at radius 3 is 2.38 bits per heavy atom. The van der Waals surface area contributed by atoms with Crippen LogP contribution < -0.4 is 0 Å². The zero-order chi connectivity index (χ0) is 14.0. The molecule has 1 atom stereocenters. The third-order valence-electron chi connectivity index (χ3n) is 5.39. The van der Waals surface area contributed by atoms with Gasteiger partial charge in [-0.3, -0.25) is 9.69 Å². The van der Waals surface area contributed by atoms with E-state index in [1.165, 1.54) is 37.7 Å². The van der Waals surface area contributed by atoms with Crippen LogP contribution >= 0.6 is 12.4 Å². The molecule has 3 heteroatoms. The van der Waals surface area contributed by atoms with Crippen LogP contribution in [0.15, 0.2) is 30.3 Å². The van der Waals surface area contributed by atoms with Gasteiger partial charge in [0.25, 0.3) is 0 Å². The Bertz CT molecular complexity index is 469. The normalized spacial score (nSPS) is 28.1. The lowest BCUT2D eigenvalue weighted by Gasteiger charge is -2.46. The van der Waals surface area contributed by atoms with Crippen LogP contribution in [0.3, 0.4) is 0 Å². The van der Waals surface area contributed by atoms with E-state index in [0.29, 0.717) is 18.2 Å². The van der Waals surface area contributed by atoms with Crippen LogP contribution in [0.4, 0.5) is 0 Å². The number of carbonyl (C=O) groups excluding carboxylic acids is 1. The highest BCUT2D eigenvalue weighted by Gasteiger charge is 2.48. The summed E-state index contributed by atoms with van der Waals surface area (Å²) >= 11 is 0. The first-order chi connectivity index (χ1) is 9.73. The van der Waals surface area contributed by atoms with E-state index >= 15 is 0 Å². The molecule has 0 amide bonds. The van der Waals surface area contributed by atoms with Gasteiger partial charge in [-0.1, -0.05) is 49.6 Å². The van der Waals surface area contributed by atoms with Gasteiger partial charge in [-0.15, -0.1) is 12.4 Å². The van der Waals surface area contributed by atoms with Crippen LogP contribution in [-0.4, -0.2) is 30.8 Å². The van der Waals surface area contributed by atoms with Gasteiger partial charge in [0, 0.05) is 0 Å². The van der Waals surface area contributed by atoms with E-state index in [1.807, 2.05) is 0 Å². The average Bonchev–Trinajstić information content (AvgIpc) is 2.50. The molecular formula is C18H26ClNO. The smallest absolute Gasteiger partial charge is 0.157 e. The van der Waals surface area contributed by atoms with Crippen molar-refractivity contribution in [2.24, 2.45) is 5.92 Å². The third kappa shape index (κ3) is 3.02. The third-order valence-corrected chi connectivity index (χ3v) is 5.39. The molecule has 3 rings (SSSR count). The molecule has 1 aromatic rings. The van der Waals surface area contributed by atoms with Gasteiger partial charge in [0.2, 0.25) is 0 Å². The summed E-state index contributed by atoms with van der Waals surface area (Å²) in [5, 5.41) is 0. The number of halogens is 1. The summed E-state index contributed by atoms with van der Waals surface area (Å²) in [7, 11) is 2.06. The van der Waals surface area contributed by atoms with Crippen molar-refractivity contribution in [2.75, 3.05) is 20.1 Å². The summed E-state index contributed by atoms with van der Waals surface area (Å²) in [6, 6.07) is 10.6. The maximum absolute atomic E-state index is 13.0. The minimum absolute atomic E-state index is 0. The fourth-order valence-electron chi connectivity index (χ4n) is 4.28. The van der Waals surface area contributed by atoms with E-state index in [2.05, 4.69) is 42.3 Å². The summed E-state index contributed by atoms with van der Waals surface area (Å²) in [5.74, 6) is 1.00. The molecule has 1 aromatic carbocycles. The first-order valence-electron chi connectivity index (χ1n) is 8.01. The number of benzene rings is 1. The van der Waals surface area contributed by atoms with E-state index in [4.69, 9.17) is 0 Å². The molecule has 1 saturated carbocycles. The zero-order valence-electron chi connectivity index (χ0n) is 12.9. The van der Waals surface area contributed by atoms with Crippen molar-refractivity contribution in [1.29, 1.82) is 0 Å². The Hall–Kier alpha value is -0.860. The Labute approximate surface area is 134 Å². The monoisotopic (exact) mass is 307 g/mol. The SMILES string of the molecule is CN1CCC(c2ccccc2)(C2CCCCC2)C(=O)C1.Cl. The van der Waals surface area contributed by atoms with Crippen molar-refractivity contribution in [3.05, 3.63) is 35.9 Å². The second-order valence-electron chi connectivity index (χ2n) is 6.58. The van der Waals surface area contributed by atoms with Crippen LogP contribution in [0.5, 0.6) is 0 Å². The molecule has 0 N–H and O–H groups in total. The number of likely N-dealkylation sites (tertiary alicyclic amines) is 1. The lowest BCUT2D eigenvalue weighted by atomic mass is 9.60. The minimum Gasteiger partial charge on any atom is -0.299 e. The summed E-state index contributed by atoms with van der Waals surface area (Å²) in [6.45, 7) is 1.66. The summed E-state index contributed by atoms with van der Waals surface area (Å²) < 4.78 is 0. The van der Waals surface area contributed by atoms with Crippen LogP contribution in [0, 0.1) is 5.92 Å². The number of nitrogens with zero attached hydrogens (tertiary/aromatic N) is 1. The van der Waals surface area contributed by atoms with Crippen molar-refractivity contribution >= 4 is 18.2 Å². The second kappa shape index (κ2) is 6.93. The molecule has 116 valence electrons. The number of likely N-dealkylation sites (N-methyl/N-ethyl adjacent to an activating group) is 1. The molecule has 0 radical (unpaired) electrons. The molecule has 1 aliphatic carbocycles. The molecule has 1 heterocycles. The van der Waals surface area contributed by atoms with Crippen LogP contribution in [0.25, 0.3) is 0 Å². The van der Waals surface area contributed by atoms with Gasteiger partial charge in [-0.05, 0) is 44.3 Å². The lowest BCUT2D eigenvalue weighted by molar-refractivity contribution is -0.131. The van der Waals surface area contributed by atoms with Gasteiger partial charge in [0.1, 0.15) is 0 Å². The Morgan fingerprint density at radius 1 is 1.10 bits per heavy atom. The average molecular weight is 308 g/mol. The largest absolute Gasteiger partial charge is 0.299 e. The molecule has 1 aliphatic heterocycles.